The molecule has 0 saturated heterocycles. The summed E-state index contributed by atoms with van der Waals surface area (Å²) in [5.74, 6) is 0. The Bertz CT molecular complexity index is 235. The van der Waals surface area contributed by atoms with E-state index in [0.29, 0.717) is 0 Å². The largest absolute Gasteiger partial charge is 0.377 e. The van der Waals surface area contributed by atoms with Crippen LogP contribution < -0.4 is 0 Å². The van der Waals surface area contributed by atoms with Gasteiger partial charge in [-0.25, -0.2) is 0 Å². The van der Waals surface area contributed by atoms with Gasteiger partial charge in [0.25, 0.3) is 0 Å². The molecule has 0 aliphatic rings. The quantitative estimate of drug-likeness (QED) is 0.744. The molecule has 60 valence electrons. The van der Waals surface area contributed by atoms with Gasteiger partial charge in [-0.15, -0.1) is 0 Å². The first kappa shape index (κ1) is 9.00. The molecule has 0 aliphatic carbocycles. The zero-order valence-corrected chi connectivity index (χ0v) is 8.83. The highest BCUT2D eigenvalue weighted by Gasteiger charge is 2.05. The van der Waals surface area contributed by atoms with Crippen molar-refractivity contribution in [3.63, 3.8) is 0 Å². The monoisotopic (exact) mass is 262 g/mol. The fourth-order valence-electron chi connectivity index (χ4n) is 0.932. The average Bonchev–Trinajstić information content (AvgIpc) is 2.04. The maximum atomic E-state index is 5.21. The second-order valence-corrected chi connectivity index (χ2v) is 3.56. The van der Waals surface area contributed by atoms with Gasteiger partial charge in [0.15, 0.2) is 0 Å². The molecule has 0 bridgehead atoms. The van der Waals surface area contributed by atoms with Gasteiger partial charge in [-0.05, 0) is 41.1 Å². The van der Waals surface area contributed by atoms with E-state index in [0.717, 1.165) is 0 Å². The Hall–Kier alpha value is -0.0900. The third-order valence-electron chi connectivity index (χ3n) is 1.70. The van der Waals surface area contributed by atoms with Gasteiger partial charge in [0.1, 0.15) is 0 Å². The van der Waals surface area contributed by atoms with Crippen molar-refractivity contribution in [2.24, 2.45) is 0 Å². The Labute approximate surface area is 80.9 Å². The van der Waals surface area contributed by atoms with Crippen LogP contribution in [0.15, 0.2) is 24.3 Å². The normalized spacial score (nSPS) is 13.0. The highest BCUT2D eigenvalue weighted by Crippen LogP contribution is 2.21. The van der Waals surface area contributed by atoms with Crippen molar-refractivity contribution < 1.29 is 4.74 Å². The van der Waals surface area contributed by atoms with Crippen LogP contribution in [0.5, 0.6) is 0 Å². The summed E-state index contributed by atoms with van der Waals surface area (Å²) in [5.41, 5.74) is 1.26. The van der Waals surface area contributed by atoms with Crippen molar-refractivity contribution in [3.05, 3.63) is 33.4 Å². The summed E-state index contributed by atoms with van der Waals surface area (Å²) in [4.78, 5) is 0. The third-order valence-corrected chi connectivity index (χ3v) is 2.68. The first-order valence-electron chi connectivity index (χ1n) is 3.53. The Balaban J connectivity index is 2.93. The standard InChI is InChI=1S/C9H11IO/c1-7(11-2)8-5-3-4-6-9(8)10/h3-7H,1-2H3/t7-/m0/s1. The minimum Gasteiger partial charge on any atom is -0.377 e. The van der Waals surface area contributed by atoms with Crippen molar-refractivity contribution in [3.8, 4) is 0 Å². The molecule has 0 aliphatic heterocycles. The van der Waals surface area contributed by atoms with Gasteiger partial charge in [0.05, 0.1) is 6.10 Å². The summed E-state index contributed by atoms with van der Waals surface area (Å²) in [7, 11) is 1.73. The van der Waals surface area contributed by atoms with E-state index in [-0.39, 0.29) is 6.10 Å². The first-order valence-corrected chi connectivity index (χ1v) is 4.61. The molecule has 0 saturated carbocycles. The molecule has 1 atom stereocenters. The average molecular weight is 262 g/mol. The minimum atomic E-state index is 0.197. The predicted octanol–water partition coefficient (Wildman–Crippen LogP) is 3.00. The van der Waals surface area contributed by atoms with E-state index >= 15 is 0 Å². The summed E-state index contributed by atoms with van der Waals surface area (Å²) >= 11 is 2.32. The van der Waals surface area contributed by atoms with E-state index in [2.05, 4.69) is 41.6 Å². The van der Waals surface area contributed by atoms with Crippen LogP contribution >= 0.6 is 22.6 Å². The van der Waals surface area contributed by atoms with E-state index in [4.69, 9.17) is 4.74 Å². The molecular formula is C9H11IO. The van der Waals surface area contributed by atoms with Gasteiger partial charge < -0.3 is 4.74 Å². The van der Waals surface area contributed by atoms with E-state index in [1.165, 1.54) is 9.13 Å². The lowest BCUT2D eigenvalue weighted by molar-refractivity contribution is 0.119. The van der Waals surface area contributed by atoms with Gasteiger partial charge >= 0.3 is 0 Å². The SMILES string of the molecule is CO[C@@H](C)c1ccccc1I. The fraction of sp³-hybridized carbons (Fsp3) is 0.333. The van der Waals surface area contributed by atoms with E-state index < -0.39 is 0 Å². The van der Waals surface area contributed by atoms with Crippen LogP contribution in [-0.4, -0.2) is 7.11 Å². The van der Waals surface area contributed by atoms with Crippen LogP contribution in [0.1, 0.15) is 18.6 Å². The molecule has 1 aromatic rings. The van der Waals surface area contributed by atoms with Crippen LogP contribution in [0.25, 0.3) is 0 Å². The maximum absolute atomic E-state index is 5.21. The number of benzene rings is 1. The molecule has 0 amide bonds. The summed E-state index contributed by atoms with van der Waals surface area (Å²) in [5, 5.41) is 0. The zero-order chi connectivity index (χ0) is 8.27. The molecule has 0 fully saturated rings. The van der Waals surface area contributed by atoms with Gasteiger partial charge in [-0.3, -0.25) is 0 Å². The van der Waals surface area contributed by atoms with Gasteiger partial charge in [-0.2, -0.15) is 0 Å². The summed E-state index contributed by atoms with van der Waals surface area (Å²) in [6.07, 6.45) is 0.197. The Morgan fingerprint density at radius 1 is 1.36 bits per heavy atom. The van der Waals surface area contributed by atoms with Crippen molar-refractivity contribution in [1.29, 1.82) is 0 Å². The topological polar surface area (TPSA) is 9.23 Å². The summed E-state index contributed by atoms with van der Waals surface area (Å²) in [6.45, 7) is 2.05. The fourth-order valence-corrected chi connectivity index (χ4v) is 1.76. The Morgan fingerprint density at radius 3 is 2.55 bits per heavy atom. The number of rotatable bonds is 2. The molecule has 0 aromatic heterocycles. The highest BCUT2D eigenvalue weighted by molar-refractivity contribution is 14.1. The first-order chi connectivity index (χ1) is 5.25. The second kappa shape index (κ2) is 4.07. The number of halogens is 1. The van der Waals surface area contributed by atoms with Crippen molar-refractivity contribution in [1.82, 2.24) is 0 Å². The maximum Gasteiger partial charge on any atom is 0.0803 e. The van der Waals surface area contributed by atoms with Crippen molar-refractivity contribution in [2.45, 2.75) is 13.0 Å². The van der Waals surface area contributed by atoms with Crippen LogP contribution in [0.2, 0.25) is 0 Å². The van der Waals surface area contributed by atoms with Crippen molar-refractivity contribution >= 4 is 22.6 Å². The molecule has 1 nitrogen and oxygen atoms in total. The van der Waals surface area contributed by atoms with Crippen LogP contribution in [0.4, 0.5) is 0 Å². The molecule has 1 rings (SSSR count). The van der Waals surface area contributed by atoms with E-state index in [9.17, 15) is 0 Å². The van der Waals surface area contributed by atoms with Crippen LogP contribution in [0.3, 0.4) is 0 Å². The number of hydrogen-bond donors (Lipinski definition) is 0. The van der Waals surface area contributed by atoms with Gasteiger partial charge in [-0.1, -0.05) is 18.2 Å². The molecule has 0 N–H and O–H groups in total. The second-order valence-electron chi connectivity index (χ2n) is 2.40. The Kier molecular flexibility index (Phi) is 3.33. The van der Waals surface area contributed by atoms with E-state index in [1.54, 1.807) is 7.11 Å². The molecule has 2 heteroatoms. The lowest BCUT2D eigenvalue weighted by Gasteiger charge is -2.10. The summed E-state index contributed by atoms with van der Waals surface area (Å²) < 4.78 is 6.48. The van der Waals surface area contributed by atoms with Gasteiger partial charge in [0.2, 0.25) is 0 Å². The third kappa shape index (κ3) is 2.17. The van der Waals surface area contributed by atoms with Crippen molar-refractivity contribution in [2.75, 3.05) is 7.11 Å². The Morgan fingerprint density at radius 2 is 2.00 bits per heavy atom. The van der Waals surface area contributed by atoms with E-state index in [1.807, 2.05) is 12.1 Å². The molecule has 0 radical (unpaired) electrons. The molecule has 0 unspecified atom stereocenters. The molecule has 0 spiro atoms. The van der Waals surface area contributed by atoms with Crippen LogP contribution in [-0.2, 0) is 4.74 Å². The lowest BCUT2D eigenvalue weighted by atomic mass is 10.1. The smallest absolute Gasteiger partial charge is 0.0803 e. The predicted molar refractivity (Wildman–Crippen MR) is 54.6 cm³/mol. The molecule has 1 aromatic carbocycles. The highest BCUT2D eigenvalue weighted by atomic mass is 127. The minimum absolute atomic E-state index is 0.197. The molecule has 11 heavy (non-hydrogen) atoms. The number of hydrogen-bond acceptors (Lipinski definition) is 1. The lowest BCUT2D eigenvalue weighted by Crippen LogP contribution is -1.97. The number of ether oxygens (including phenoxy) is 1. The molecule has 0 heterocycles. The molecular weight excluding hydrogens is 251 g/mol. The number of methoxy groups -OCH3 is 1. The van der Waals surface area contributed by atoms with Gasteiger partial charge in [0, 0.05) is 10.7 Å². The van der Waals surface area contributed by atoms with Crippen LogP contribution in [0, 0.1) is 3.57 Å². The zero-order valence-electron chi connectivity index (χ0n) is 6.67. The summed E-state index contributed by atoms with van der Waals surface area (Å²) in [6, 6.07) is 8.25.